The fraction of sp³-hybridized carbons (Fsp3) is 0.250. The summed E-state index contributed by atoms with van der Waals surface area (Å²) in [7, 11) is 3.99. The third-order valence-corrected chi connectivity index (χ3v) is 4.61. The number of rotatable bonds is 5. The second kappa shape index (κ2) is 7.30. The van der Waals surface area contributed by atoms with Crippen molar-refractivity contribution in [1.82, 2.24) is 15.2 Å². The van der Waals surface area contributed by atoms with E-state index in [1.807, 2.05) is 63.5 Å². The highest BCUT2D eigenvalue weighted by Crippen LogP contribution is 2.20. The molecule has 1 amide bonds. The molecule has 1 aromatic heterocycles. The minimum Gasteiger partial charge on any atom is -0.351 e. The zero-order valence-corrected chi connectivity index (χ0v) is 15.4. The average Bonchev–Trinajstić information content (AvgIpc) is 2.99. The molecular weight excluding hydrogens is 334 g/mol. The number of aryl methyl sites for hydroxylation is 1. The van der Waals surface area contributed by atoms with Gasteiger partial charge in [-0.15, -0.1) is 0 Å². The van der Waals surface area contributed by atoms with Gasteiger partial charge in [-0.05, 0) is 56.9 Å². The van der Waals surface area contributed by atoms with Gasteiger partial charge in [-0.25, -0.2) is 0 Å². The molecule has 0 saturated heterocycles. The van der Waals surface area contributed by atoms with Gasteiger partial charge in [0.05, 0.1) is 6.04 Å². The highest BCUT2D eigenvalue weighted by molar-refractivity contribution is 6.30. The average molecular weight is 356 g/mol. The predicted octanol–water partition coefficient (Wildman–Crippen LogP) is 4.16. The van der Waals surface area contributed by atoms with E-state index in [4.69, 9.17) is 11.6 Å². The summed E-state index contributed by atoms with van der Waals surface area (Å²) >= 11 is 5.97. The lowest BCUT2D eigenvalue weighted by atomic mass is 10.1. The first-order chi connectivity index (χ1) is 11.9. The molecular formula is C20H22ClN3O. The summed E-state index contributed by atoms with van der Waals surface area (Å²) in [5, 5.41) is 4.78. The van der Waals surface area contributed by atoms with E-state index in [0.717, 1.165) is 16.5 Å². The summed E-state index contributed by atoms with van der Waals surface area (Å²) < 4.78 is 0. The maximum atomic E-state index is 12.5. The van der Waals surface area contributed by atoms with Gasteiger partial charge in [-0.2, -0.15) is 0 Å². The van der Waals surface area contributed by atoms with Crippen LogP contribution in [0.15, 0.2) is 48.5 Å². The molecule has 0 bridgehead atoms. The van der Waals surface area contributed by atoms with Crippen LogP contribution < -0.4 is 5.32 Å². The van der Waals surface area contributed by atoms with Crippen molar-refractivity contribution in [2.75, 3.05) is 20.6 Å². The van der Waals surface area contributed by atoms with Crippen LogP contribution in [-0.2, 0) is 0 Å². The minimum absolute atomic E-state index is 0.0767. The molecule has 0 spiro atoms. The number of likely N-dealkylation sites (N-methyl/N-ethyl adjacent to an activating group) is 1. The number of nitrogens with one attached hydrogen (secondary N) is 2. The number of carbonyl (C=O) groups excluding carboxylic acids is 1. The van der Waals surface area contributed by atoms with Crippen LogP contribution in [0.25, 0.3) is 10.9 Å². The maximum absolute atomic E-state index is 12.5. The minimum atomic E-state index is -0.102. The standard InChI is InChI=1S/C20H22ClN3O/c1-13-4-9-17-15(10-13)11-18(23-17)20(25)22-12-19(24(2)3)14-5-7-16(21)8-6-14/h4-11,19,23H,12H2,1-3H3,(H,22,25). The Morgan fingerprint density at radius 2 is 1.88 bits per heavy atom. The van der Waals surface area contributed by atoms with Crippen LogP contribution in [0.3, 0.4) is 0 Å². The van der Waals surface area contributed by atoms with Gasteiger partial charge < -0.3 is 15.2 Å². The van der Waals surface area contributed by atoms with Crippen molar-refractivity contribution in [2.45, 2.75) is 13.0 Å². The topological polar surface area (TPSA) is 48.1 Å². The second-order valence-corrected chi connectivity index (χ2v) is 6.95. The van der Waals surface area contributed by atoms with Crippen LogP contribution >= 0.6 is 11.6 Å². The molecule has 3 aromatic rings. The highest BCUT2D eigenvalue weighted by atomic mass is 35.5. The van der Waals surface area contributed by atoms with Gasteiger partial charge in [0.15, 0.2) is 0 Å². The van der Waals surface area contributed by atoms with Crippen molar-refractivity contribution >= 4 is 28.4 Å². The number of H-pyrrole nitrogens is 1. The van der Waals surface area contributed by atoms with Gasteiger partial charge in [0.2, 0.25) is 0 Å². The summed E-state index contributed by atoms with van der Waals surface area (Å²) in [4.78, 5) is 17.8. The number of hydrogen-bond acceptors (Lipinski definition) is 2. The number of amides is 1. The Bertz CT molecular complexity index is 884. The van der Waals surface area contributed by atoms with Crippen LogP contribution in [0.4, 0.5) is 0 Å². The SMILES string of the molecule is Cc1ccc2[nH]c(C(=O)NCC(c3ccc(Cl)cc3)N(C)C)cc2c1. The van der Waals surface area contributed by atoms with Gasteiger partial charge in [0.25, 0.3) is 5.91 Å². The lowest BCUT2D eigenvalue weighted by Crippen LogP contribution is -2.34. The van der Waals surface area contributed by atoms with Crippen LogP contribution in [0.1, 0.15) is 27.7 Å². The summed E-state index contributed by atoms with van der Waals surface area (Å²) in [5.41, 5.74) is 3.84. The third-order valence-electron chi connectivity index (χ3n) is 4.35. The Hall–Kier alpha value is -2.30. The van der Waals surface area contributed by atoms with E-state index in [1.54, 1.807) is 0 Å². The molecule has 0 aliphatic heterocycles. The second-order valence-electron chi connectivity index (χ2n) is 6.51. The molecule has 0 aliphatic rings. The number of carbonyl (C=O) groups is 1. The van der Waals surface area contributed by atoms with Gasteiger partial charge in [-0.1, -0.05) is 35.4 Å². The number of benzene rings is 2. The molecule has 25 heavy (non-hydrogen) atoms. The van der Waals surface area contributed by atoms with Crippen molar-refractivity contribution < 1.29 is 4.79 Å². The Kier molecular flexibility index (Phi) is 5.11. The predicted molar refractivity (Wildman–Crippen MR) is 103 cm³/mol. The summed E-state index contributed by atoms with van der Waals surface area (Å²) in [6, 6.07) is 15.8. The van der Waals surface area contributed by atoms with Crippen molar-refractivity contribution in [1.29, 1.82) is 0 Å². The molecule has 4 nitrogen and oxygen atoms in total. The zero-order chi connectivity index (χ0) is 18.0. The normalized spacial score (nSPS) is 12.5. The van der Waals surface area contributed by atoms with E-state index >= 15 is 0 Å². The monoisotopic (exact) mass is 355 g/mol. The summed E-state index contributed by atoms with van der Waals surface area (Å²) in [5.74, 6) is -0.102. The maximum Gasteiger partial charge on any atom is 0.267 e. The molecule has 1 unspecified atom stereocenters. The van der Waals surface area contributed by atoms with Gasteiger partial charge >= 0.3 is 0 Å². The number of halogens is 1. The van der Waals surface area contributed by atoms with Crippen molar-refractivity contribution in [3.8, 4) is 0 Å². The Morgan fingerprint density at radius 1 is 1.16 bits per heavy atom. The quantitative estimate of drug-likeness (QED) is 0.721. The lowest BCUT2D eigenvalue weighted by Gasteiger charge is -2.25. The third kappa shape index (κ3) is 4.03. The Labute approximate surface area is 152 Å². The van der Waals surface area contributed by atoms with Gasteiger partial charge in [0.1, 0.15) is 5.69 Å². The number of fused-ring (bicyclic) bond motifs is 1. The number of aromatic nitrogens is 1. The number of aromatic amines is 1. The van der Waals surface area contributed by atoms with Gasteiger partial charge in [-0.3, -0.25) is 4.79 Å². The van der Waals surface area contributed by atoms with E-state index in [0.29, 0.717) is 17.3 Å². The lowest BCUT2D eigenvalue weighted by molar-refractivity contribution is 0.0937. The first-order valence-electron chi connectivity index (χ1n) is 8.23. The van der Waals surface area contributed by atoms with E-state index < -0.39 is 0 Å². The molecule has 3 rings (SSSR count). The van der Waals surface area contributed by atoms with E-state index in [-0.39, 0.29) is 11.9 Å². The largest absolute Gasteiger partial charge is 0.351 e. The number of hydrogen-bond donors (Lipinski definition) is 2. The summed E-state index contributed by atoms with van der Waals surface area (Å²) in [6.07, 6.45) is 0. The van der Waals surface area contributed by atoms with Crippen molar-refractivity contribution in [2.24, 2.45) is 0 Å². The Morgan fingerprint density at radius 3 is 2.56 bits per heavy atom. The first kappa shape index (κ1) is 17.5. The van der Waals surface area contributed by atoms with Crippen molar-refractivity contribution in [3.63, 3.8) is 0 Å². The molecule has 5 heteroatoms. The molecule has 1 heterocycles. The van der Waals surface area contributed by atoms with Crippen LogP contribution in [-0.4, -0.2) is 36.4 Å². The highest BCUT2D eigenvalue weighted by Gasteiger charge is 2.17. The Balaban J connectivity index is 1.73. The molecule has 130 valence electrons. The fourth-order valence-electron chi connectivity index (χ4n) is 2.94. The molecule has 0 fully saturated rings. The number of nitrogens with zero attached hydrogens (tertiary/aromatic N) is 1. The first-order valence-corrected chi connectivity index (χ1v) is 8.61. The van der Waals surface area contributed by atoms with Crippen LogP contribution in [0.5, 0.6) is 0 Å². The van der Waals surface area contributed by atoms with Crippen molar-refractivity contribution in [3.05, 3.63) is 70.4 Å². The molecule has 0 radical (unpaired) electrons. The summed E-state index contributed by atoms with van der Waals surface area (Å²) in [6.45, 7) is 2.56. The van der Waals surface area contributed by atoms with E-state index in [1.165, 1.54) is 5.56 Å². The van der Waals surface area contributed by atoms with Crippen LogP contribution in [0, 0.1) is 6.92 Å². The van der Waals surface area contributed by atoms with Crippen LogP contribution in [0.2, 0.25) is 5.02 Å². The molecule has 0 aliphatic carbocycles. The smallest absolute Gasteiger partial charge is 0.267 e. The molecule has 2 N–H and O–H groups in total. The van der Waals surface area contributed by atoms with E-state index in [9.17, 15) is 4.79 Å². The fourth-order valence-corrected chi connectivity index (χ4v) is 3.07. The van der Waals surface area contributed by atoms with E-state index in [2.05, 4.69) is 21.3 Å². The molecule has 1 atom stereocenters. The van der Waals surface area contributed by atoms with Gasteiger partial charge in [0, 0.05) is 22.5 Å². The molecule has 0 saturated carbocycles. The zero-order valence-electron chi connectivity index (χ0n) is 14.6. The molecule has 2 aromatic carbocycles.